The number of pyridine rings is 2. The molecule has 0 aromatic carbocycles. The van der Waals surface area contributed by atoms with Crippen molar-refractivity contribution in [3.8, 4) is 11.9 Å². The van der Waals surface area contributed by atoms with E-state index < -0.39 is 17.7 Å². The van der Waals surface area contributed by atoms with Crippen LogP contribution in [-0.4, -0.2) is 54.9 Å². The number of nitrogens with zero attached hydrogens (tertiary/aromatic N) is 5. The van der Waals surface area contributed by atoms with E-state index in [9.17, 15) is 14.3 Å². The third-order valence-corrected chi connectivity index (χ3v) is 5.57. The SMILES string of the molecule is CC(C)(O)C(F)CNC(=O)c1cnc(-n2cnc3cc(C#N)cnc32)cc1NC1CCC1. The maximum Gasteiger partial charge on any atom is 0.255 e. The summed E-state index contributed by atoms with van der Waals surface area (Å²) in [4.78, 5) is 25.8. The van der Waals surface area contributed by atoms with Gasteiger partial charge >= 0.3 is 0 Å². The Morgan fingerprint density at radius 1 is 1.34 bits per heavy atom. The molecule has 3 heterocycles. The lowest BCUT2D eigenvalue weighted by Crippen LogP contribution is -2.42. The van der Waals surface area contributed by atoms with Gasteiger partial charge in [0, 0.05) is 24.5 Å². The molecule has 1 saturated carbocycles. The van der Waals surface area contributed by atoms with Gasteiger partial charge in [-0.15, -0.1) is 0 Å². The molecule has 1 aliphatic carbocycles. The summed E-state index contributed by atoms with van der Waals surface area (Å²) in [6.45, 7) is 2.39. The molecule has 0 bridgehead atoms. The van der Waals surface area contributed by atoms with Crippen LogP contribution in [0.3, 0.4) is 0 Å². The van der Waals surface area contributed by atoms with Gasteiger partial charge < -0.3 is 15.7 Å². The first kappa shape index (κ1) is 21.6. The van der Waals surface area contributed by atoms with Gasteiger partial charge in [-0.1, -0.05) is 0 Å². The van der Waals surface area contributed by atoms with Crippen molar-refractivity contribution in [3.63, 3.8) is 0 Å². The number of halogens is 1. The molecular weight excluding hydrogens is 413 g/mol. The minimum Gasteiger partial charge on any atom is -0.387 e. The molecule has 32 heavy (non-hydrogen) atoms. The maximum absolute atomic E-state index is 14.1. The van der Waals surface area contributed by atoms with E-state index in [1.807, 2.05) is 6.07 Å². The number of alkyl halides is 1. The molecule has 10 heteroatoms. The van der Waals surface area contributed by atoms with E-state index in [0.29, 0.717) is 28.2 Å². The first-order chi connectivity index (χ1) is 15.3. The van der Waals surface area contributed by atoms with Crippen LogP contribution in [0.4, 0.5) is 10.1 Å². The fraction of sp³-hybridized carbons (Fsp3) is 0.409. The van der Waals surface area contributed by atoms with Crippen LogP contribution in [0.5, 0.6) is 0 Å². The average Bonchev–Trinajstić information content (AvgIpc) is 3.16. The van der Waals surface area contributed by atoms with Crippen LogP contribution in [0.25, 0.3) is 17.0 Å². The smallest absolute Gasteiger partial charge is 0.255 e. The Morgan fingerprint density at radius 2 is 2.12 bits per heavy atom. The molecule has 0 saturated heterocycles. The van der Waals surface area contributed by atoms with Gasteiger partial charge in [0.2, 0.25) is 0 Å². The van der Waals surface area contributed by atoms with E-state index in [1.54, 1.807) is 23.0 Å². The molecule has 1 amide bonds. The number of aliphatic hydroxyl groups is 1. The summed E-state index contributed by atoms with van der Waals surface area (Å²) >= 11 is 0. The molecule has 9 nitrogen and oxygen atoms in total. The number of carbonyl (C=O) groups excluding carboxylic acids is 1. The monoisotopic (exact) mass is 437 g/mol. The summed E-state index contributed by atoms with van der Waals surface area (Å²) < 4.78 is 15.8. The Kier molecular flexibility index (Phi) is 5.76. The van der Waals surface area contributed by atoms with Crippen molar-refractivity contribution in [3.05, 3.63) is 42.0 Å². The molecule has 3 N–H and O–H groups in total. The zero-order valence-electron chi connectivity index (χ0n) is 17.8. The second-order valence-electron chi connectivity index (χ2n) is 8.48. The lowest BCUT2D eigenvalue weighted by Gasteiger charge is -2.28. The first-order valence-electron chi connectivity index (χ1n) is 10.4. The Bertz CT molecular complexity index is 1190. The quantitative estimate of drug-likeness (QED) is 0.518. The first-order valence-corrected chi connectivity index (χ1v) is 10.4. The van der Waals surface area contributed by atoms with Crippen molar-refractivity contribution in [1.82, 2.24) is 24.8 Å². The van der Waals surface area contributed by atoms with Gasteiger partial charge in [0.05, 0.1) is 29.0 Å². The van der Waals surface area contributed by atoms with E-state index in [4.69, 9.17) is 5.26 Å². The van der Waals surface area contributed by atoms with Gasteiger partial charge in [0.15, 0.2) is 5.65 Å². The van der Waals surface area contributed by atoms with E-state index in [-0.39, 0.29) is 18.2 Å². The van der Waals surface area contributed by atoms with E-state index >= 15 is 0 Å². The summed E-state index contributed by atoms with van der Waals surface area (Å²) in [6.07, 6.45) is 5.95. The summed E-state index contributed by atoms with van der Waals surface area (Å²) in [5.41, 5.74) is 0.811. The topological polar surface area (TPSA) is 129 Å². The molecular formula is C22H24FN7O2. The number of carbonyl (C=O) groups is 1. The van der Waals surface area contributed by atoms with E-state index in [1.165, 1.54) is 26.2 Å². The third-order valence-electron chi connectivity index (χ3n) is 5.57. The predicted octanol–water partition coefficient (Wildman–Crippen LogP) is 2.49. The highest BCUT2D eigenvalue weighted by molar-refractivity contribution is 5.99. The van der Waals surface area contributed by atoms with Gasteiger partial charge in [-0.05, 0) is 39.2 Å². The highest BCUT2D eigenvalue weighted by Gasteiger charge is 2.28. The number of nitriles is 1. The van der Waals surface area contributed by atoms with Crippen LogP contribution in [0.1, 0.15) is 49.0 Å². The Morgan fingerprint density at radius 3 is 2.78 bits per heavy atom. The van der Waals surface area contributed by atoms with Crippen molar-refractivity contribution in [2.24, 2.45) is 0 Å². The molecule has 0 spiro atoms. The van der Waals surface area contributed by atoms with Crippen molar-refractivity contribution in [2.75, 3.05) is 11.9 Å². The maximum atomic E-state index is 14.1. The van der Waals surface area contributed by atoms with Gasteiger partial charge in [0.1, 0.15) is 29.9 Å². The lowest BCUT2D eigenvalue weighted by molar-refractivity contribution is -0.00177. The lowest BCUT2D eigenvalue weighted by atomic mass is 9.92. The van der Waals surface area contributed by atoms with Crippen LogP contribution in [-0.2, 0) is 0 Å². The number of amides is 1. The molecule has 4 rings (SSSR count). The number of rotatable bonds is 7. The van der Waals surface area contributed by atoms with Crippen LogP contribution in [0.15, 0.2) is 30.9 Å². The van der Waals surface area contributed by atoms with Gasteiger partial charge in [-0.25, -0.2) is 19.3 Å². The van der Waals surface area contributed by atoms with E-state index in [2.05, 4.69) is 25.6 Å². The largest absolute Gasteiger partial charge is 0.387 e. The number of nitrogens with one attached hydrogen (secondary N) is 2. The second-order valence-corrected chi connectivity index (χ2v) is 8.48. The summed E-state index contributed by atoms with van der Waals surface area (Å²) in [5, 5.41) is 24.7. The molecule has 1 aliphatic rings. The minimum atomic E-state index is -1.61. The summed E-state index contributed by atoms with van der Waals surface area (Å²) in [6, 6.07) is 5.66. The van der Waals surface area contributed by atoms with Crippen molar-refractivity contribution in [1.29, 1.82) is 5.26 Å². The number of anilines is 1. The van der Waals surface area contributed by atoms with Crippen molar-refractivity contribution in [2.45, 2.75) is 50.9 Å². The van der Waals surface area contributed by atoms with E-state index in [0.717, 1.165) is 19.3 Å². The normalized spacial score (nSPS) is 15.1. The molecule has 1 unspecified atom stereocenters. The summed E-state index contributed by atoms with van der Waals surface area (Å²) in [7, 11) is 0. The number of aromatic nitrogens is 4. The van der Waals surface area contributed by atoms with Crippen LogP contribution in [0.2, 0.25) is 0 Å². The van der Waals surface area contributed by atoms with Crippen LogP contribution < -0.4 is 10.6 Å². The predicted molar refractivity (Wildman–Crippen MR) is 116 cm³/mol. The number of fused-ring (bicyclic) bond motifs is 1. The molecule has 3 aromatic heterocycles. The van der Waals surface area contributed by atoms with Crippen molar-refractivity contribution < 1.29 is 14.3 Å². The fourth-order valence-corrected chi connectivity index (χ4v) is 3.31. The van der Waals surface area contributed by atoms with Crippen molar-refractivity contribution >= 4 is 22.8 Å². The van der Waals surface area contributed by atoms with Gasteiger partial charge in [0.25, 0.3) is 5.91 Å². The van der Waals surface area contributed by atoms with Gasteiger partial charge in [-0.2, -0.15) is 5.26 Å². The molecule has 3 aromatic rings. The molecule has 166 valence electrons. The van der Waals surface area contributed by atoms with Gasteiger partial charge in [-0.3, -0.25) is 9.36 Å². The Hall–Kier alpha value is -3.58. The second kappa shape index (κ2) is 8.51. The molecule has 0 aliphatic heterocycles. The fourth-order valence-electron chi connectivity index (χ4n) is 3.31. The molecule has 1 atom stereocenters. The standard InChI is InChI=1S/C22H24FN7O2/c1-22(2,32)18(23)11-27-21(31)15-10-25-19(7-16(15)29-14-4-3-5-14)30-12-28-17-6-13(8-24)9-26-20(17)30/h6-7,9-10,12,14,18,32H,3-5,11H2,1-2H3,(H,25,29)(H,27,31). The third kappa shape index (κ3) is 4.38. The average molecular weight is 437 g/mol. The highest BCUT2D eigenvalue weighted by Crippen LogP contribution is 2.27. The molecule has 1 fully saturated rings. The van der Waals surface area contributed by atoms with Crippen LogP contribution in [0, 0.1) is 11.3 Å². The number of imidazole rings is 1. The Balaban J connectivity index is 1.64. The summed E-state index contributed by atoms with van der Waals surface area (Å²) in [5.74, 6) is 0.0213. The Labute approximate surface area is 184 Å². The van der Waals surface area contributed by atoms with Crippen LogP contribution >= 0.6 is 0 Å². The highest BCUT2D eigenvalue weighted by atomic mass is 19.1. The molecule has 0 radical (unpaired) electrons. The zero-order valence-corrected chi connectivity index (χ0v) is 17.8. The minimum absolute atomic E-state index is 0.248. The number of hydrogen-bond donors (Lipinski definition) is 3. The zero-order chi connectivity index (χ0) is 22.9. The number of hydrogen-bond acceptors (Lipinski definition) is 7.